The highest BCUT2D eigenvalue weighted by Crippen LogP contribution is 2.51. The zero-order valence-electron chi connectivity index (χ0n) is 15.4. The molecule has 134 valence electrons. The van der Waals surface area contributed by atoms with Crippen LogP contribution < -0.4 is 5.32 Å². The number of nitrogens with zero attached hydrogens (tertiary/aromatic N) is 1. The van der Waals surface area contributed by atoms with Crippen molar-refractivity contribution in [3.8, 4) is 0 Å². The smallest absolute Gasteiger partial charge is 0.270 e. The van der Waals surface area contributed by atoms with Crippen LogP contribution >= 0.6 is 0 Å². The number of non-ortho nitro benzene ring substituents is 1. The van der Waals surface area contributed by atoms with Crippen LogP contribution in [-0.4, -0.2) is 4.92 Å². The first-order valence-electron chi connectivity index (χ1n) is 9.27. The molecule has 0 aromatic heterocycles. The van der Waals surface area contributed by atoms with E-state index in [1.165, 1.54) is 11.1 Å². The molecule has 4 nitrogen and oxygen atoms in total. The number of hydrogen-bond acceptors (Lipinski definition) is 3. The number of nitrogens with one attached hydrogen (secondary N) is 1. The molecule has 1 aliphatic heterocycles. The van der Waals surface area contributed by atoms with Gasteiger partial charge in [0.25, 0.3) is 5.69 Å². The van der Waals surface area contributed by atoms with Crippen molar-refractivity contribution < 1.29 is 4.92 Å². The molecular weight excluding hydrogens is 324 g/mol. The second kappa shape index (κ2) is 6.27. The molecule has 1 N–H and O–H groups in total. The lowest BCUT2D eigenvalue weighted by Crippen LogP contribution is -2.29. The molecule has 0 amide bonds. The summed E-state index contributed by atoms with van der Waals surface area (Å²) in [6.07, 6.45) is 5.44. The van der Waals surface area contributed by atoms with E-state index in [0.29, 0.717) is 11.8 Å². The summed E-state index contributed by atoms with van der Waals surface area (Å²) in [5.41, 5.74) is 5.87. The predicted octanol–water partition coefficient (Wildman–Crippen LogP) is 5.85. The number of nitro groups is 1. The molecule has 4 heteroatoms. The summed E-state index contributed by atoms with van der Waals surface area (Å²) in [4.78, 5) is 11.0. The summed E-state index contributed by atoms with van der Waals surface area (Å²) in [7, 11) is 0. The van der Waals surface area contributed by atoms with Gasteiger partial charge in [-0.3, -0.25) is 10.1 Å². The minimum atomic E-state index is -0.294. The molecule has 2 aromatic rings. The van der Waals surface area contributed by atoms with E-state index in [4.69, 9.17) is 0 Å². The van der Waals surface area contributed by atoms with E-state index in [9.17, 15) is 10.1 Å². The minimum Gasteiger partial charge on any atom is -0.377 e. The number of benzene rings is 2. The largest absolute Gasteiger partial charge is 0.377 e. The lowest BCUT2D eigenvalue weighted by atomic mass is 9.76. The number of fused-ring (bicyclic) bond motifs is 3. The molecule has 0 bridgehead atoms. The van der Waals surface area contributed by atoms with E-state index in [1.54, 1.807) is 12.1 Å². The van der Waals surface area contributed by atoms with Gasteiger partial charge in [0.1, 0.15) is 0 Å². The summed E-state index contributed by atoms with van der Waals surface area (Å²) < 4.78 is 0. The fourth-order valence-electron chi connectivity index (χ4n) is 4.39. The van der Waals surface area contributed by atoms with Crippen molar-refractivity contribution >= 4 is 11.4 Å². The molecule has 0 unspecified atom stereocenters. The number of aryl methyl sites for hydroxylation is 1. The summed E-state index contributed by atoms with van der Waals surface area (Å²) in [6, 6.07) is 12.5. The molecule has 0 fully saturated rings. The Bertz CT molecular complexity index is 884. The third kappa shape index (κ3) is 2.70. The summed E-state index contributed by atoms with van der Waals surface area (Å²) >= 11 is 0. The Balaban J connectivity index is 1.76. The second-order valence-electron chi connectivity index (χ2n) is 7.78. The fraction of sp³-hybridized carbons (Fsp3) is 0.364. The summed E-state index contributed by atoms with van der Waals surface area (Å²) in [5, 5.41) is 15.0. The maximum Gasteiger partial charge on any atom is 0.270 e. The van der Waals surface area contributed by atoms with Gasteiger partial charge in [-0.05, 0) is 47.4 Å². The van der Waals surface area contributed by atoms with Crippen molar-refractivity contribution in [1.82, 2.24) is 0 Å². The normalized spacial score (nSPS) is 23.5. The van der Waals surface area contributed by atoms with Crippen LogP contribution in [0.1, 0.15) is 60.4 Å². The molecule has 2 aliphatic rings. The van der Waals surface area contributed by atoms with Crippen LogP contribution in [0.2, 0.25) is 0 Å². The molecule has 2 aromatic carbocycles. The third-order valence-corrected chi connectivity index (χ3v) is 5.82. The Morgan fingerprint density at radius 2 is 1.92 bits per heavy atom. The van der Waals surface area contributed by atoms with Gasteiger partial charge in [0.2, 0.25) is 0 Å². The molecule has 0 radical (unpaired) electrons. The van der Waals surface area contributed by atoms with E-state index in [-0.39, 0.29) is 22.6 Å². The van der Waals surface area contributed by atoms with Gasteiger partial charge >= 0.3 is 0 Å². The topological polar surface area (TPSA) is 55.2 Å². The lowest BCUT2D eigenvalue weighted by Gasteiger charge is -2.38. The molecular formula is C22H24N2O2. The van der Waals surface area contributed by atoms with Crippen molar-refractivity contribution in [2.24, 2.45) is 5.92 Å². The number of hydrogen-bond donors (Lipinski definition) is 1. The van der Waals surface area contributed by atoms with Crippen LogP contribution in [0.3, 0.4) is 0 Å². The lowest BCUT2D eigenvalue weighted by molar-refractivity contribution is -0.385. The van der Waals surface area contributed by atoms with Gasteiger partial charge in [-0.1, -0.05) is 50.3 Å². The van der Waals surface area contributed by atoms with Crippen molar-refractivity contribution in [3.63, 3.8) is 0 Å². The standard InChI is InChI=1S/C22H24N2O2/c1-13(2)15-7-9-16(10-8-15)22-19-6-4-5-18(19)20-12-17(24(25)26)11-14(3)21(20)23-22/h4-5,7-13,18-19,22-23H,6H2,1-3H3/t18-,19-,22-/m1/s1. The van der Waals surface area contributed by atoms with E-state index in [0.717, 1.165) is 23.2 Å². The van der Waals surface area contributed by atoms with E-state index < -0.39 is 0 Å². The maximum atomic E-state index is 11.3. The first kappa shape index (κ1) is 16.8. The van der Waals surface area contributed by atoms with Gasteiger partial charge in [0, 0.05) is 23.7 Å². The summed E-state index contributed by atoms with van der Waals surface area (Å²) in [5.74, 6) is 1.15. The Morgan fingerprint density at radius 3 is 2.58 bits per heavy atom. The van der Waals surface area contributed by atoms with Crippen LogP contribution in [0.4, 0.5) is 11.4 Å². The Morgan fingerprint density at radius 1 is 1.19 bits per heavy atom. The number of rotatable bonds is 3. The van der Waals surface area contributed by atoms with Gasteiger partial charge in [0.15, 0.2) is 0 Å². The van der Waals surface area contributed by atoms with E-state index in [2.05, 4.69) is 55.6 Å². The van der Waals surface area contributed by atoms with E-state index >= 15 is 0 Å². The average molecular weight is 348 g/mol. The Labute approximate surface area is 154 Å². The molecule has 1 aliphatic carbocycles. The van der Waals surface area contributed by atoms with E-state index in [1.807, 2.05) is 6.92 Å². The highest BCUT2D eigenvalue weighted by atomic mass is 16.6. The van der Waals surface area contributed by atoms with Crippen LogP contribution in [0.25, 0.3) is 0 Å². The zero-order valence-corrected chi connectivity index (χ0v) is 15.4. The molecule has 0 saturated carbocycles. The highest BCUT2D eigenvalue weighted by Gasteiger charge is 2.39. The summed E-state index contributed by atoms with van der Waals surface area (Å²) in [6.45, 7) is 6.37. The van der Waals surface area contributed by atoms with Crippen LogP contribution in [0.5, 0.6) is 0 Å². The van der Waals surface area contributed by atoms with Crippen LogP contribution in [-0.2, 0) is 0 Å². The van der Waals surface area contributed by atoms with Crippen molar-refractivity contribution in [2.75, 3.05) is 5.32 Å². The van der Waals surface area contributed by atoms with Gasteiger partial charge < -0.3 is 5.32 Å². The number of anilines is 1. The van der Waals surface area contributed by atoms with Gasteiger partial charge in [-0.15, -0.1) is 0 Å². The van der Waals surface area contributed by atoms with Gasteiger partial charge in [-0.25, -0.2) is 0 Å². The molecule has 0 saturated heterocycles. The van der Waals surface area contributed by atoms with Crippen molar-refractivity contribution in [1.29, 1.82) is 0 Å². The fourth-order valence-corrected chi connectivity index (χ4v) is 4.39. The van der Waals surface area contributed by atoms with Crippen LogP contribution in [0, 0.1) is 23.0 Å². The van der Waals surface area contributed by atoms with Gasteiger partial charge in [-0.2, -0.15) is 0 Å². The van der Waals surface area contributed by atoms with Crippen LogP contribution in [0.15, 0.2) is 48.6 Å². The maximum absolute atomic E-state index is 11.3. The first-order valence-corrected chi connectivity index (χ1v) is 9.27. The monoisotopic (exact) mass is 348 g/mol. The third-order valence-electron chi connectivity index (χ3n) is 5.82. The molecule has 0 spiro atoms. The van der Waals surface area contributed by atoms with Crippen molar-refractivity contribution in [2.45, 2.75) is 45.1 Å². The zero-order chi connectivity index (χ0) is 18.4. The highest BCUT2D eigenvalue weighted by molar-refractivity contribution is 5.67. The molecule has 1 heterocycles. The molecule has 4 rings (SSSR count). The Hall–Kier alpha value is -2.62. The SMILES string of the molecule is Cc1cc([N+](=O)[O-])cc2c1N[C@H](c1ccc(C(C)C)cc1)[C@@H]1CC=C[C@@H]21. The predicted molar refractivity (Wildman–Crippen MR) is 105 cm³/mol. The Kier molecular flexibility index (Phi) is 4.06. The minimum absolute atomic E-state index is 0.182. The first-order chi connectivity index (χ1) is 12.5. The quantitative estimate of drug-likeness (QED) is 0.430. The average Bonchev–Trinajstić information content (AvgIpc) is 3.11. The number of allylic oxidation sites excluding steroid dienone is 2. The second-order valence-corrected chi connectivity index (χ2v) is 7.78. The molecule has 3 atom stereocenters. The number of nitro benzene ring substituents is 1. The van der Waals surface area contributed by atoms with Gasteiger partial charge in [0.05, 0.1) is 11.0 Å². The van der Waals surface area contributed by atoms with Crippen molar-refractivity contribution in [3.05, 3.63) is 80.9 Å². The molecule has 26 heavy (non-hydrogen) atoms.